The maximum absolute atomic E-state index is 7.51. The van der Waals surface area contributed by atoms with Crippen LogP contribution in [0.5, 0.6) is 23.0 Å². The first kappa shape index (κ1) is 27.1. The predicted molar refractivity (Wildman–Crippen MR) is 205 cm³/mol. The van der Waals surface area contributed by atoms with E-state index in [2.05, 4.69) is 126 Å². The lowest BCUT2D eigenvalue weighted by atomic mass is 9.82. The molecule has 0 radical (unpaired) electrons. The Bertz CT molecular complexity index is 2950. The minimum absolute atomic E-state index is 0.571. The maximum atomic E-state index is 7.51. The van der Waals surface area contributed by atoms with Crippen molar-refractivity contribution in [2.45, 2.75) is 0 Å². The van der Waals surface area contributed by atoms with Gasteiger partial charge in [0.05, 0.1) is 6.57 Å². The fourth-order valence-corrected chi connectivity index (χ4v) is 8.41. The van der Waals surface area contributed by atoms with Crippen LogP contribution < -0.4 is 9.47 Å². The van der Waals surface area contributed by atoms with Crippen LogP contribution in [0, 0.1) is 6.57 Å². The van der Waals surface area contributed by atoms with Gasteiger partial charge in [0.15, 0.2) is 5.69 Å². The van der Waals surface area contributed by atoms with Crippen molar-refractivity contribution >= 4 is 48.8 Å². The first-order chi connectivity index (χ1) is 24.8. The van der Waals surface area contributed by atoms with E-state index in [1.165, 1.54) is 49.2 Å². The van der Waals surface area contributed by atoms with E-state index in [1.54, 1.807) is 0 Å². The molecular weight excluding hydrogens is 611 g/mol. The van der Waals surface area contributed by atoms with Crippen molar-refractivity contribution in [3.63, 3.8) is 0 Å². The lowest BCUT2D eigenvalue weighted by Crippen LogP contribution is -1.99. The van der Waals surface area contributed by atoms with Crippen LogP contribution in [0.25, 0.3) is 92.4 Å². The molecule has 0 saturated carbocycles. The summed E-state index contributed by atoms with van der Waals surface area (Å²) in [7, 11) is 0. The molecule has 0 bridgehead atoms. The van der Waals surface area contributed by atoms with Gasteiger partial charge < -0.3 is 9.47 Å². The number of rotatable bonds is 2. The summed E-state index contributed by atoms with van der Waals surface area (Å²) in [5.74, 6) is 3.32. The molecular formula is C47H25NO2. The van der Waals surface area contributed by atoms with E-state index in [0.717, 1.165) is 61.4 Å². The van der Waals surface area contributed by atoms with E-state index in [1.807, 2.05) is 30.3 Å². The molecule has 230 valence electrons. The molecule has 11 rings (SSSR count). The highest BCUT2D eigenvalue weighted by Crippen LogP contribution is 2.54. The maximum Gasteiger partial charge on any atom is 0.190 e. The molecule has 3 nitrogen and oxygen atoms in total. The van der Waals surface area contributed by atoms with Gasteiger partial charge in [0.1, 0.15) is 23.0 Å². The summed E-state index contributed by atoms with van der Waals surface area (Å²) in [6, 6.07) is 53.4. The monoisotopic (exact) mass is 635 g/mol. The second-order valence-corrected chi connectivity index (χ2v) is 13.0. The Hall–Kier alpha value is -6.89. The van der Waals surface area contributed by atoms with Crippen LogP contribution in [-0.2, 0) is 0 Å². The van der Waals surface area contributed by atoms with E-state index >= 15 is 0 Å². The Balaban J connectivity index is 1.22. The summed E-state index contributed by atoms with van der Waals surface area (Å²) in [6.07, 6.45) is 0. The Labute approximate surface area is 288 Å². The third kappa shape index (κ3) is 3.62. The largest absolute Gasteiger partial charge is 0.457 e. The highest BCUT2D eigenvalue weighted by molar-refractivity contribution is 6.27. The molecule has 9 aromatic carbocycles. The quantitative estimate of drug-likeness (QED) is 0.139. The van der Waals surface area contributed by atoms with Gasteiger partial charge in [-0.3, -0.25) is 0 Å². The van der Waals surface area contributed by atoms with Gasteiger partial charge in [-0.25, -0.2) is 4.85 Å². The van der Waals surface area contributed by atoms with Crippen molar-refractivity contribution in [1.82, 2.24) is 0 Å². The number of hydrogen-bond acceptors (Lipinski definition) is 2. The molecule has 0 spiro atoms. The summed E-state index contributed by atoms with van der Waals surface area (Å²) in [4.78, 5) is 3.63. The zero-order chi connectivity index (χ0) is 32.9. The van der Waals surface area contributed by atoms with Gasteiger partial charge in [0.2, 0.25) is 0 Å². The van der Waals surface area contributed by atoms with Crippen molar-refractivity contribution in [2.75, 3.05) is 0 Å². The molecule has 9 aromatic rings. The molecule has 0 amide bonds. The average molecular weight is 636 g/mol. The molecule has 2 heterocycles. The van der Waals surface area contributed by atoms with Gasteiger partial charge in [0, 0.05) is 21.9 Å². The van der Waals surface area contributed by atoms with Crippen LogP contribution >= 0.6 is 0 Å². The molecule has 0 N–H and O–H groups in total. The Morgan fingerprint density at radius 2 is 0.780 bits per heavy atom. The van der Waals surface area contributed by atoms with Gasteiger partial charge in [-0.05, 0) is 96.0 Å². The van der Waals surface area contributed by atoms with Gasteiger partial charge >= 0.3 is 0 Å². The lowest BCUT2D eigenvalue weighted by molar-refractivity contribution is 0.487. The molecule has 2 aliphatic heterocycles. The number of para-hydroxylation sites is 1. The summed E-state index contributed by atoms with van der Waals surface area (Å²) in [6.45, 7) is 7.51. The molecule has 0 saturated heterocycles. The van der Waals surface area contributed by atoms with E-state index in [0.29, 0.717) is 5.69 Å². The summed E-state index contributed by atoms with van der Waals surface area (Å²) in [5, 5.41) is 9.35. The number of hydrogen-bond donors (Lipinski definition) is 0. The van der Waals surface area contributed by atoms with Crippen LogP contribution in [0.2, 0.25) is 0 Å². The smallest absolute Gasteiger partial charge is 0.190 e. The first-order valence-corrected chi connectivity index (χ1v) is 16.8. The van der Waals surface area contributed by atoms with Crippen molar-refractivity contribution in [3.05, 3.63) is 163 Å². The van der Waals surface area contributed by atoms with Crippen LogP contribution in [0.4, 0.5) is 5.69 Å². The minimum Gasteiger partial charge on any atom is -0.457 e. The van der Waals surface area contributed by atoms with E-state index in [4.69, 9.17) is 16.0 Å². The zero-order valence-corrected chi connectivity index (χ0v) is 26.7. The number of nitrogens with zero attached hydrogens (tertiary/aromatic N) is 1. The standard InChI is InChI=1S/C47H25NO2/c1-48-27-20-21-29-30-15-8-16-35-39(24-25-42(46(30)35)50-43(29)26-27)45-33-13-4-2-11-31(33)44(32-12-3-5-14-34(32)45)38-23-22-37-28-10-6-7-18-40(28)49-41-19-9-17-36(38)47(37)41/h2-26H. The zero-order valence-electron chi connectivity index (χ0n) is 26.7. The topological polar surface area (TPSA) is 22.8 Å². The van der Waals surface area contributed by atoms with Gasteiger partial charge in [-0.2, -0.15) is 0 Å². The Kier molecular flexibility index (Phi) is 5.45. The summed E-state index contributed by atoms with van der Waals surface area (Å²) < 4.78 is 13.0. The van der Waals surface area contributed by atoms with E-state index in [-0.39, 0.29) is 0 Å². The predicted octanol–water partition coefficient (Wildman–Crippen LogP) is 13.7. The van der Waals surface area contributed by atoms with Crippen molar-refractivity contribution in [3.8, 4) is 67.5 Å². The highest BCUT2D eigenvalue weighted by Gasteiger charge is 2.26. The summed E-state index contributed by atoms with van der Waals surface area (Å²) >= 11 is 0. The SMILES string of the molecule is [C-]#[N+]c1ccc2c(c1)Oc1ccc(-c3c4ccccc4c(-c4ccc5c6c(cccc46)Oc4ccccc4-5)c4ccccc34)c3cccc-2c13. The normalized spacial score (nSPS) is 12.3. The molecule has 0 unspecified atom stereocenters. The Morgan fingerprint density at radius 3 is 1.46 bits per heavy atom. The van der Waals surface area contributed by atoms with Crippen LogP contribution in [0.1, 0.15) is 0 Å². The van der Waals surface area contributed by atoms with Gasteiger partial charge in [-0.15, -0.1) is 0 Å². The second kappa shape index (κ2) is 10.1. The molecule has 0 atom stereocenters. The van der Waals surface area contributed by atoms with Gasteiger partial charge in [0.25, 0.3) is 0 Å². The lowest BCUT2D eigenvalue weighted by Gasteiger charge is -2.25. The van der Waals surface area contributed by atoms with Crippen molar-refractivity contribution in [2.24, 2.45) is 0 Å². The van der Waals surface area contributed by atoms with Crippen LogP contribution in [0.15, 0.2) is 152 Å². The Morgan fingerprint density at radius 1 is 0.340 bits per heavy atom. The van der Waals surface area contributed by atoms with E-state index < -0.39 is 0 Å². The van der Waals surface area contributed by atoms with Crippen molar-refractivity contribution in [1.29, 1.82) is 0 Å². The third-order valence-electron chi connectivity index (χ3n) is 10.5. The van der Waals surface area contributed by atoms with Crippen LogP contribution in [-0.4, -0.2) is 0 Å². The molecule has 2 aliphatic rings. The molecule has 0 aromatic heterocycles. The molecule has 0 aliphatic carbocycles. The second-order valence-electron chi connectivity index (χ2n) is 13.0. The van der Waals surface area contributed by atoms with Crippen molar-refractivity contribution < 1.29 is 9.47 Å². The summed E-state index contributed by atoms with van der Waals surface area (Å²) in [5.41, 5.74) is 9.79. The third-order valence-corrected chi connectivity index (χ3v) is 10.5. The highest BCUT2D eigenvalue weighted by atomic mass is 16.5. The first-order valence-electron chi connectivity index (χ1n) is 16.8. The number of fused-ring (bicyclic) bond motifs is 6. The number of benzene rings is 9. The molecule has 3 heteroatoms. The average Bonchev–Trinajstić information content (AvgIpc) is 3.17. The number of ether oxygens (including phenoxy) is 2. The molecule has 50 heavy (non-hydrogen) atoms. The van der Waals surface area contributed by atoms with Gasteiger partial charge in [-0.1, -0.05) is 121 Å². The fourth-order valence-electron chi connectivity index (χ4n) is 8.41. The molecule has 0 fully saturated rings. The minimum atomic E-state index is 0.571. The fraction of sp³-hybridized carbons (Fsp3) is 0. The van der Waals surface area contributed by atoms with E-state index in [9.17, 15) is 0 Å². The van der Waals surface area contributed by atoms with Crippen LogP contribution in [0.3, 0.4) is 0 Å².